The van der Waals surface area contributed by atoms with E-state index in [1.807, 2.05) is 20.8 Å². The maximum Gasteiger partial charge on any atom is 0.228 e. The number of Topliss-reactive ketones (excluding diaryl/α,β-unsaturated/α-hetero) is 1. The van der Waals surface area contributed by atoms with Crippen molar-refractivity contribution in [2.24, 2.45) is 5.92 Å². The summed E-state index contributed by atoms with van der Waals surface area (Å²) in [6.45, 7) is 7.68. The molecular weight excluding hydrogens is 228 g/mol. The van der Waals surface area contributed by atoms with Crippen LogP contribution in [0.25, 0.3) is 0 Å². The molecule has 3 nitrogen and oxygen atoms in total. The number of ether oxygens (including phenoxy) is 1. The van der Waals surface area contributed by atoms with Gasteiger partial charge < -0.3 is 9.84 Å². The number of hydrogen-bond acceptors (Lipinski definition) is 3. The molecule has 2 atom stereocenters. The fourth-order valence-corrected chi connectivity index (χ4v) is 3.01. The average Bonchev–Trinajstić information content (AvgIpc) is 2.25. The van der Waals surface area contributed by atoms with Crippen molar-refractivity contribution in [2.75, 3.05) is 0 Å². The smallest absolute Gasteiger partial charge is 0.228 e. The van der Waals surface area contributed by atoms with Gasteiger partial charge in [-0.2, -0.15) is 0 Å². The molecule has 0 aromatic rings. The fourth-order valence-electron chi connectivity index (χ4n) is 3.01. The lowest BCUT2D eigenvalue weighted by atomic mass is 9.74. The average molecular weight is 250 g/mol. The third-order valence-electron chi connectivity index (χ3n) is 4.06. The van der Waals surface area contributed by atoms with Gasteiger partial charge in [-0.1, -0.05) is 11.6 Å². The van der Waals surface area contributed by atoms with Gasteiger partial charge >= 0.3 is 0 Å². The maximum atomic E-state index is 12.3. The Balaban J connectivity index is 2.31. The first kappa shape index (κ1) is 13.3. The molecule has 0 bridgehead atoms. The largest absolute Gasteiger partial charge is 0.504 e. The van der Waals surface area contributed by atoms with Crippen LogP contribution in [0.5, 0.6) is 0 Å². The summed E-state index contributed by atoms with van der Waals surface area (Å²) in [6.07, 6.45) is 6.46. The van der Waals surface area contributed by atoms with Crippen molar-refractivity contribution in [3.8, 4) is 0 Å². The van der Waals surface area contributed by atoms with Gasteiger partial charge in [0.1, 0.15) is 5.60 Å². The van der Waals surface area contributed by atoms with E-state index in [2.05, 4.69) is 13.0 Å². The molecule has 1 aliphatic heterocycles. The lowest BCUT2D eigenvalue weighted by Gasteiger charge is -2.44. The number of carbonyl (C=O) groups excluding carboxylic acids is 1. The second-order valence-corrected chi connectivity index (χ2v) is 6.19. The predicted molar refractivity (Wildman–Crippen MR) is 70.4 cm³/mol. The highest BCUT2D eigenvalue weighted by atomic mass is 16.5. The van der Waals surface area contributed by atoms with E-state index in [4.69, 9.17) is 4.74 Å². The maximum absolute atomic E-state index is 12.3. The quantitative estimate of drug-likeness (QED) is 0.726. The van der Waals surface area contributed by atoms with Crippen LogP contribution in [0.3, 0.4) is 0 Å². The number of aliphatic hydroxyl groups is 1. The third-order valence-corrected chi connectivity index (χ3v) is 4.06. The topological polar surface area (TPSA) is 46.5 Å². The molecule has 2 rings (SSSR count). The minimum Gasteiger partial charge on any atom is -0.504 e. The Morgan fingerprint density at radius 1 is 1.39 bits per heavy atom. The highest BCUT2D eigenvalue weighted by Gasteiger charge is 2.49. The number of hydrogen-bond donors (Lipinski definition) is 1. The number of carbonyl (C=O) groups is 1. The van der Waals surface area contributed by atoms with Crippen molar-refractivity contribution < 1.29 is 14.6 Å². The first-order valence-electron chi connectivity index (χ1n) is 6.57. The van der Waals surface area contributed by atoms with Gasteiger partial charge in [-0.25, -0.2) is 0 Å². The molecule has 0 aromatic carbocycles. The highest BCUT2D eigenvalue weighted by molar-refractivity contribution is 6.00. The van der Waals surface area contributed by atoms with Crippen LogP contribution in [-0.2, 0) is 9.53 Å². The van der Waals surface area contributed by atoms with Crippen molar-refractivity contribution in [3.63, 3.8) is 0 Å². The van der Waals surface area contributed by atoms with Crippen LogP contribution in [0, 0.1) is 5.92 Å². The van der Waals surface area contributed by atoms with Gasteiger partial charge in [0.2, 0.25) is 5.78 Å². The molecule has 0 fully saturated rings. The highest BCUT2D eigenvalue weighted by Crippen LogP contribution is 2.41. The zero-order valence-corrected chi connectivity index (χ0v) is 11.6. The minimum atomic E-state index is -0.903. The van der Waals surface area contributed by atoms with Crippen LogP contribution in [0.1, 0.15) is 47.0 Å². The van der Waals surface area contributed by atoms with Gasteiger partial charge in [0.25, 0.3) is 0 Å². The standard InChI is InChI=1S/C15H22O3/c1-10-5-7-11(8-6-10)15(4)13(17)12(16)9-14(2,3)18-15/h5,9,11,16H,6-8H2,1-4H3. The van der Waals surface area contributed by atoms with E-state index in [0.717, 1.165) is 19.3 Å². The molecule has 2 aliphatic rings. The summed E-state index contributed by atoms with van der Waals surface area (Å²) in [6, 6.07) is 0. The Morgan fingerprint density at radius 3 is 2.61 bits per heavy atom. The van der Waals surface area contributed by atoms with Crippen molar-refractivity contribution in [1.82, 2.24) is 0 Å². The monoisotopic (exact) mass is 250 g/mol. The molecule has 0 spiro atoms. The van der Waals surface area contributed by atoms with Crippen LogP contribution in [0.4, 0.5) is 0 Å². The molecule has 0 radical (unpaired) electrons. The second kappa shape index (κ2) is 4.23. The predicted octanol–water partition coefficient (Wildman–Crippen LogP) is 3.31. The van der Waals surface area contributed by atoms with Crippen LogP contribution in [0.2, 0.25) is 0 Å². The first-order chi connectivity index (χ1) is 8.24. The van der Waals surface area contributed by atoms with Crippen LogP contribution in [-0.4, -0.2) is 22.1 Å². The lowest BCUT2D eigenvalue weighted by molar-refractivity contribution is -0.174. The molecule has 0 amide bonds. The number of aliphatic hydroxyl groups excluding tert-OH is 1. The number of rotatable bonds is 1. The van der Waals surface area contributed by atoms with Crippen LogP contribution < -0.4 is 0 Å². The van der Waals surface area contributed by atoms with E-state index in [1.54, 1.807) is 0 Å². The Morgan fingerprint density at radius 2 is 2.06 bits per heavy atom. The third kappa shape index (κ3) is 2.24. The normalized spacial score (nSPS) is 36.0. The van der Waals surface area contributed by atoms with E-state index < -0.39 is 11.2 Å². The van der Waals surface area contributed by atoms with E-state index in [9.17, 15) is 9.90 Å². The van der Waals surface area contributed by atoms with Gasteiger partial charge in [0, 0.05) is 0 Å². The van der Waals surface area contributed by atoms with Gasteiger partial charge in [0.05, 0.1) is 5.60 Å². The minimum absolute atomic E-state index is 0.142. The molecule has 1 aliphatic carbocycles. The summed E-state index contributed by atoms with van der Waals surface area (Å²) < 4.78 is 6.00. The Labute approximate surface area is 109 Å². The van der Waals surface area contributed by atoms with Crippen molar-refractivity contribution in [3.05, 3.63) is 23.5 Å². The zero-order valence-electron chi connectivity index (χ0n) is 11.6. The van der Waals surface area contributed by atoms with E-state index >= 15 is 0 Å². The SMILES string of the molecule is CC1=CCC(C2(C)OC(C)(C)C=C(O)C2=O)CC1. The summed E-state index contributed by atoms with van der Waals surface area (Å²) >= 11 is 0. The molecule has 3 heteroatoms. The van der Waals surface area contributed by atoms with E-state index in [0.29, 0.717) is 0 Å². The van der Waals surface area contributed by atoms with Crippen molar-refractivity contribution in [2.45, 2.75) is 58.2 Å². The summed E-state index contributed by atoms with van der Waals surface area (Å²) in [7, 11) is 0. The van der Waals surface area contributed by atoms with Crippen LogP contribution in [0.15, 0.2) is 23.5 Å². The van der Waals surface area contributed by atoms with Crippen LogP contribution >= 0.6 is 0 Å². The molecule has 1 heterocycles. The summed E-state index contributed by atoms with van der Waals surface area (Å²) in [5.41, 5.74) is -0.125. The number of allylic oxidation sites excluding steroid dienone is 2. The molecule has 0 aromatic heterocycles. The Kier molecular flexibility index (Phi) is 3.14. The van der Waals surface area contributed by atoms with E-state index in [1.165, 1.54) is 11.6 Å². The van der Waals surface area contributed by atoms with E-state index in [-0.39, 0.29) is 17.5 Å². The molecule has 1 N–H and O–H groups in total. The molecule has 18 heavy (non-hydrogen) atoms. The van der Waals surface area contributed by atoms with Gasteiger partial charge in [-0.3, -0.25) is 4.79 Å². The molecule has 0 saturated heterocycles. The summed E-state index contributed by atoms with van der Waals surface area (Å²) in [4.78, 5) is 12.3. The second-order valence-electron chi connectivity index (χ2n) is 6.19. The Bertz CT molecular complexity index is 431. The first-order valence-corrected chi connectivity index (χ1v) is 6.57. The number of ketones is 1. The van der Waals surface area contributed by atoms with Crippen molar-refractivity contribution in [1.29, 1.82) is 0 Å². The van der Waals surface area contributed by atoms with Crippen molar-refractivity contribution >= 4 is 5.78 Å². The Hall–Kier alpha value is -1.09. The van der Waals surface area contributed by atoms with Gasteiger partial charge in [-0.15, -0.1) is 0 Å². The van der Waals surface area contributed by atoms with Gasteiger partial charge in [0.15, 0.2) is 5.76 Å². The zero-order chi connectivity index (χ0) is 13.6. The molecule has 2 unspecified atom stereocenters. The fraction of sp³-hybridized carbons (Fsp3) is 0.667. The molecular formula is C15H22O3. The lowest BCUT2D eigenvalue weighted by Crippen LogP contribution is -2.54. The molecule has 0 saturated carbocycles. The summed E-state index contributed by atoms with van der Waals surface area (Å²) in [5, 5.41) is 9.85. The summed E-state index contributed by atoms with van der Waals surface area (Å²) in [5.74, 6) is -0.288. The molecule has 100 valence electrons. The van der Waals surface area contributed by atoms with Gasteiger partial charge in [-0.05, 0) is 59.0 Å².